The van der Waals surface area contributed by atoms with Crippen LogP contribution in [-0.4, -0.2) is 68.3 Å². The van der Waals surface area contributed by atoms with Crippen LogP contribution in [0.25, 0.3) is 0 Å². The fourth-order valence-corrected chi connectivity index (χ4v) is 3.84. The zero-order valence-corrected chi connectivity index (χ0v) is 16.9. The molecule has 142 valence electrons. The smallest absolute Gasteiger partial charge is 0.191 e. The number of aryl methyl sites for hydroxylation is 1. The number of nitrogens with zero attached hydrogens (tertiary/aromatic N) is 3. The second kappa shape index (κ2) is 10.1. The molecule has 1 aromatic rings. The van der Waals surface area contributed by atoms with E-state index < -0.39 is 0 Å². The monoisotopic (exact) mass is 367 g/mol. The summed E-state index contributed by atoms with van der Waals surface area (Å²) in [4.78, 5) is 13.0. The van der Waals surface area contributed by atoms with Crippen molar-refractivity contribution in [1.29, 1.82) is 0 Å². The normalized spacial score (nSPS) is 17.7. The number of aromatic nitrogens is 1. The average molecular weight is 368 g/mol. The van der Waals surface area contributed by atoms with Crippen LogP contribution < -0.4 is 10.6 Å². The van der Waals surface area contributed by atoms with Crippen LogP contribution >= 0.6 is 11.3 Å². The maximum Gasteiger partial charge on any atom is 0.191 e. The maximum absolute atomic E-state index is 5.54. The van der Waals surface area contributed by atoms with E-state index in [1.54, 1.807) is 11.3 Å². The summed E-state index contributed by atoms with van der Waals surface area (Å²) in [5.41, 5.74) is 0.103. The largest absolute Gasteiger partial charge is 0.381 e. The van der Waals surface area contributed by atoms with Gasteiger partial charge in [0.05, 0.1) is 11.6 Å². The summed E-state index contributed by atoms with van der Waals surface area (Å²) in [6, 6.07) is 0. The number of hydrogen-bond donors (Lipinski definition) is 2. The minimum Gasteiger partial charge on any atom is -0.381 e. The van der Waals surface area contributed by atoms with E-state index >= 15 is 0 Å². The zero-order valence-electron chi connectivity index (χ0n) is 16.1. The lowest BCUT2D eigenvalue weighted by Crippen LogP contribution is -2.51. The summed E-state index contributed by atoms with van der Waals surface area (Å²) >= 11 is 1.81. The van der Waals surface area contributed by atoms with Crippen molar-refractivity contribution in [3.63, 3.8) is 0 Å². The molecule has 0 bridgehead atoms. The van der Waals surface area contributed by atoms with Crippen molar-refractivity contribution in [1.82, 2.24) is 20.5 Å². The molecular weight excluding hydrogens is 334 g/mol. The molecule has 1 saturated heterocycles. The summed E-state index contributed by atoms with van der Waals surface area (Å²) in [5.74, 6) is 0.891. The van der Waals surface area contributed by atoms with Gasteiger partial charge < -0.3 is 20.3 Å². The van der Waals surface area contributed by atoms with Gasteiger partial charge in [-0.15, -0.1) is 11.3 Å². The van der Waals surface area contributed by atoms with Crippen molar-refractivity contribution in [2.75, 3.05) is 46.9 Å². The molecule has 0 unspecified atom stereocenters. The lowest BCUT2D eigenvalue weighted by Gasteiger charge is -2.41. The summed E-state index contributed by atoms with van der Waals surface area (Å²) < 4.78 is 5.54. The van der Waals surface area contributed by atoms with Crippen LogP contribution in [0.3, 0.4) is 0 Å². The molecule has 0 radical (unpaired) electrons. The first kappa shape index (κ1) is 20.1. The molecule has 1 fully saturated rings. The van der Waals surface area contributed by atoms with Gasteiger partial charge in [0.2, 0.25) is 0 Å². The highest BCUT2D eigenvalue weighted by molar-refractivity contribution is 7.11. The van der Waals surface area contributed by atoms with Gasteiger partial charge in [0.15, 0.2) is 5.96 Å². The van der Waals surface area contributed by atoms with Crippen molar-refractivity contribution in [3.8, 4) is 0 Å². The SMILES string of the molecule is CCNC(=NCC1(N(C)C)CCOCC1)NCCc1ncc(CC)s1. The quantitative estimate of drug-likeness (QED) is 0.543. The van der Waals surface area contributed by atoms with Gasteiger partial charge in [-0.2, -0.15) is 0 Å². The van der Waals surface area contributed by atoms with Gasteiger partial charge in [0.25, 0.3) is 0 Å². The van der Waals surface area contributed by atoms with E-state index in [4.69, 9.17) is 9.73 Å². The molecule has 7 heteroatoms. The number of nitrogens with one attached hydrogen (secondary N) is 2. The molecule has 0 amide bonds. The Morgan fingerprint density at radius 1 is 1.32 bits per heavy atom. The van der Waals surface area contributed by atoms with Gasteiger partial charge in [0, 0.05) is 49.3 Å². The van der Waals surface area contributed by atoms with E-state index in [1.165, 1.54) is 9.88 Å². The molecule has 2 rings (SSSR count). The number of aliphatic imine (C=N–C) groups is 1. The van der Waals surface area contributed by atoms with Gasteiger partial charge in [-0.3, -0.25) is 4.99 Å². The minimum atomic E-state index is 0.103. The number of likely N-dealkylation sites (N-methyl/N-ethyl adjacent to an activating group) is 1. The summed E-state index contributed by atoms with van der Waals surface area (Å²) in [6.07, 6.45) is 6.04. The first-order valence-corrected chi connectivity index (χ1v) is 10.1. The molecule has 1 aliphatic heterocycles. The van der Waals surface area contributed by atoms with Gasteiger partial charge in [-0.25, -0.2) is 4.98 Å². The van der Waals surface area contributed by atoms with Gasteiger partial charge >= 0.3 is 0 Å². The highest BCUT2D eigenvalue weighted by Gasteiger charge is 2.34. The number of thiazole rings is 1. The molecule has 1 aromatic heterocycles. The van der Waals surface area contributed by atoms with E-state index in [0.717, 1.165) is 64.5 Å². The third-order valence-electron chi connectivity index (χ3n) is 4.83. The third kappa shape index (κ3) is 5.94. The standard InChI is InChI=1S/C18H33N5OS/c1-5-15-13-21-16(25-15)7-10-20-17(19-6-2)22-14-18(23(3)4)8-11-24-12-9-18/h13H,5-12,14H2,1-4H3,(H2,19,20,22). The van der Waals surface area contributed by atoms with E-state index in [9.17, 15) is 0 Å². The fraction of sp³-hybridized carbons (Fsp3) is 0.778. The molecule has 25 heavy (non-hydrogen) atoms. The second-order valence-corrected chi connectivity index (χ2v) is 7.88. The zero-order chi connectivity index (χ0) is 18.1. The van der Waals surface area contributed by atoms with Crippen LogP contribution in [0.4, 0.5) is 0 Å². The lowest BCUT2D eigenvalue weighted by atomic mass is 9.89. The molecule has 0 aromatic carbocycles. The highest BCUT2D eigenvalue weighted by atomic mass is 32.1. The Morgan fingerprint density at radius 2 is 2.08 bits per heavy atom. The Kier molecular flexibility index (Phi) is 8.12. The molecule has 2 N–H and O–H groups in total. The first-order chi connectivity index (χ1) is 12.1. The fourth-order valence-electron chi connectivity index (χ4n) is 2.98. The third-order valence-corrected chi connectivity index (χ3v) is 6.03. The van der Waals surface area contributed by atoms with E-state index in [0.29, 0.717) is 0 Å². The molecule has 0 aliphatic carbocycles. The maximum atomic E-state index is 5.54. The predicted octanol–water partition coefficient (Wildman–Crippen LogP) is 1.91. The van der Waals surface area contributed by atoms with Crippen molar-refractivity contribution >= 4 is 17.3 Å². The topological polar surface area (TPSA) is 61.8 Å². The average Bonchev–Trinajstić information content (AvgIpc) is 3.08. The summed E-state index contributed by atoms with van der Waals surface area (Å²) in [6.45, 7) is 8.41. The predicted molar refractivity (Wildman–Crippen MR) is 106 cm³/mol. The van der Waals surface area contributed by atoms with Gasteiger partial charge in [-0.05, 0) is 40.3 Å². The molecule has 0 saturated carbocycles. The van der Waals surface area contributed by atoms with Crippen molar-refractivity contribution in [2.45, 2.75) is 45.1 Å². The van der Waals surface area contributed by atoms with Crippen molar-refractivity contribution in [2.24, 2.45) is 4.99 Å². The van der Waals surface area contributed by atoms with Crippen molar-refractivity contribution in [3.05, 3.63) is 16.1 Å². The number of ether oxygens (including phenoxy) is 1. The van der Waals surface area contributed by atoms with Crippen LogP contribution in [0.15, 0.2) is 11.2 Å². The Labute approximate surface area is 156 Å². The van der Waals surface area contributed by atoms with E-state index in [-0.39, 0.29) is 5.54 Å². The number of hydrogen-bond acceptors (Lipinski definition) is 5. The number of guanidine groups is 1. The Morgan fingerprint density at radius 3 is 2.68 bits per heavy atom. The van der Waals surface area contributed by atoms with Crippen molar-refractivity contribution < 1.29 is 4.74 Å². The molecule has 0 spiro atoms. The van der Waals surface area contributed by atoms with Crippen LogP contribution in [-0.2, 0) is 17.6 Å². The van der Waals surface area contributed by atoms with Crippen LogP contribution in [0.1, 0.15) is 36.6 Å². The van der Waals surface area contributed by atoms with Crippen LogP contribution in [0.2, 0.25) is 0 Å². The molecule has 0 atom stereocenters. The summed E-state index contributed by atoms with van der Waals surface area (Å²) in [7, 11) is 4.30. The van der Waals surface area contributed by atoms with E-state index in [1.807, 2.05) is 6.20 Å². The van der Waals surface area contributed by atoms with E-state index in [2.05, 4.69) is 48.5 Å². The Balaban J connectivity index is 1.90. The summed E-state index contributed by atoms with van der Waals surface area (Å²) in [5, 5.41) is 7.99. The number of rotatable bonds is 8. The Hall–Kier alpha value is -1.18. The minimum absolute atomic E-state index is 0.103. The molecule has 1 aliphatic rings. The van der Waals surface area contributed by atoms with Gasteiger partial charge in [0.1, 0.15) is 0 Å². The molecular formula is C18H33N5OS. The van der Waals surface area contributed by atoms with Gasteiger partial charge in [-0.1, -0.05) is 6.92 Å². The molecule has 6 nitrogen and oxygen atoms in total. The first-order valence-electron chi connectivity index (χ1n) is 9.30. The molecule has 2 heterocycles. The van der Waals surface area contributed by atoms with Crippen LogP contribution in [0.5, 0.6) is 0 Å². The highest BCUT2D eigenvalue weighted by Crippen LogP contribution is 2.26. The lowest BCUT2D eigenvalue weighted by molar-refractivity contribution is -0.00254. The van der Waals surface area contributed by atoms with Crippen LogP contribution in [0, 0.1) is 0 Å². The second-order valence-electron chi connectivity index (χ2n) is 6.68. The Bertz CT molecular complexity index is 537.